The SMILES string of the molecule is NCCC(NCc1ccccc1C(F)(F)F)c1nsc2ccccc12. The van der Waals surface area contributed by atoms with Crippen molar-refractivity contribution in [2.75, 3.05) is 6.54 Å². The van der Waals surface area contributed by atoms with E-state index < -0.39 is 11.7 Å². The van der Waals surface area contributed by atoms with Crippen LogP contribution in [-0.4, -0.2) is 10.9 Å². The summed E-state index contributed by atoms with van der Waals surface area (Å²) in [6.45, 7) is 0.524. The smallest absolute Gasteiger partial charge is 0.330 e. The number of nitrogens with two attached hydrogens (primary N) is 1. The van der Waals surface area contributed by atoms with Crippen LogP contribution in [0.25, 0.3) is 10.1 Å². The molecule has 3 nitrogen and oxygen atoms in total. The van der Waals surface area contributed by atoms with E-state index in [0.717, 1.165) is 21.8 Å². The maximum Gasteiger partial charge on any atom is 0.416 e. The maximum atomic E-state index is 13.1. The second-order valence-corrected chi connectivity index (χ2v) is 6.53. The first-order valence-corrected chi connectivity index (χ1v) is 8.71. The third kappa shape index (κ3) is 4.00. The molecule has 132 valence electrons. The molecular weight excluding hydrogens is 347 g/mol. The Morgan fingerprint density at radius 2 is 1.80 bits per heavy atom. The minimum absolute atomic E-state index is 0.103. The quantitative estimate of drug-likeness (QED) is 0.676. The van der Waals surface area contributed by atoms with Gasteiger partial charge in [0.05, 0.1) is 22.0 Å². The third-order valence-corrected chi connectivity index (χ3v) is 4.89. The van der Waals surface area contributed by atoms with E-state index in [4.69, 9.17) is 5.73 Å². The van der Waals surface area contributed by atoms with Gasteiger partial charge in [0.1, 0.15) is 0 Å². The average molecular weight is 365 g/mol. The van der Waals surface area contributed by atoms with Gasteiger partial charge in [-0.3, -0.25) is 0 Å². The van der Waals surface area contributed by atoms with Crippen molar-refractivity contribution in [2.45, 2.75) is 25.2 Å². The highest BCUT2D eigenvalue weighted by Gasteiger charge is 2.33. The zero-order chi connectivity index (χ0) is 17.9. The molecule has 3 N–H and O–H groups in total. The van der Waals surface area contributed by atoms with E-state index in [1.54, 1.807) is 6.07 Å². The Balaban J connectivity index is 1.85. The molecule has 0 radical (unpaired) electrons. The fourth-order valence-corrected chi connectivity index (χ4v) is 3.68. The predicted octanol–water partition coefficient (Wildman–Crippen LogP) is 4.49. The summed E-state index contributed by atoms with van der Waals surface area (Å²) in [6, 6.07) is 13.2. The molecule has 3 rings (SSSR count). The molecule has 0 aliphatic carbocycles. The van der Waals surface area contributed by atoms with Crippen LogP contribution in [-0.2, 0) is 12.7 Å². The highest BCUT2D eigenvalue weighted by atomic mass is 32.1. The molecule has 0 aliphatic rings. The molecule has 0 fully saturated rings. The van der Waals surface area contributed by atoms with Crippen molar-refractivity contribution in [3.05, 3.63) is 65.4 Å². The van der Waals surface area contributed by atoms with Gasteiger partial charge in [0.25, 0.3) is 0 Å². The van der Waals surface area contributed by atoms with Gasteiger partial charge in [-0.1, -0.05) is 36.4 Å². The maximum absolute atomic E-state index is 13.1. The average Bonchev–Trinajstić information content (AvgIpc) is 3.02. The van der Waals surface area contributed by atoms with Gasteiger partial charge in [-0.25, -0.2) is 0 Å². The molecule has 3 aromatic rings. The molecule has 0 bridgehead atoms. The summed E-state index contributed by atoms with van der Waals surface area (Å²) in [7, 11) is 0. The van der Waals surface area contributed by atoms with Crippen LogP contribution in [0.1, 0.15) is 29.3 Å². The van der Waals surface area contributed by atoms with Gasteiger partial charge >= 0.3 is 6.18 Å². The molecule has 0 saturated carbocycles. The number of alkyl halides is 3. The van der Waals surface area contributed by atoms with Gasteiger partial charge in [0.15, 0.2) is 0 Å². The molecule has 1 atom stereocenters. The van der Waals surface area contributed by atoms with Crippen LogP contribution < -0.4 is 11.1 Å². The third-order valence-electron chi connectivity index (χ3n) is 4.05. The number of benzene rings is 2. The lowest BCUT2D eigenvalue weighted by atomic mass is 10.0. The minimum atomic E-state index is -4.37. The summed E-state index contributed by atoms with van der Waals surface area (Å²) in [5.41, 5.74) is 6.15. The summed E-state index contributed by atoms with van der Waals surface area (Å²) in [6.07, 6.45) is -3.77. The number of rotatable bonds is 6. The van der Waals surface area contributed by atoms with E-state index >= 15 is 0 Å². The van der Waals surface area contributed by atoms with E-state index in [0.29, 0.717) is 13.0 Å². The molecule has 0 aliphatic heterocycles. The van der Waals surface area contributed by atoms with Gasteiger partial charge in [0.2, 0.25) is 0 Å². The lowest BCUT2D eigenvalue weighted by molar-refractivity contribution is -0.138. The lowest BCUT2D eigenvalue weighted by Crippen LogP contribution is -2.25. The number of nitrogens with one attached hydrogen (secondary N) is 1. The van der Waals surface area contributed by atoms with E-state index in [-0.39, 0.29) is 18.2 Å². The topological polar surface area (TPSA) is 50.9 Å². The van der Waals surface area contributed by atoms with Crippen LogP contribution in [0, 0.1) is 0 Å². The zero-order valence-electron chi connectivity index (χ0n) is 13.4. The summed E-state index contributed by atoms with van der Waals surface area (Å²) < 4.78 is 45.0. The van der Waals surface area contributed by atoms with Crippen LogP contribution in [0.5, 0.6) is 0 Å². The molecule has 2 aromatic carbocycles. The first-order valence-electron chi connectivity index (χ1n) is 7.93. The van der Waals surface area contributed by atoms with Crippen molar-refractivity contribution in [1.29, 1.82) is 0 Å². The molecule has 1 unspecified atom stereocenters. The number of fused-ring (bicyclic) bond motifs is 1. The van der Waals surface area contributed by atoms with Crippen molar-refractivity contribution < 1.29 is 13.2 Å². The fourth-order valence-electron chi connectivity index (χ4n) is 2.84. The Hall–Kier alpha value is -1.96. The number of halogens is 3. The Bertz CT molecular complexity index is 845. The number of aromatic nitrogens is 1. The molecular formula is C18H18F3N3S. The highest BCUT2D eigenvalue weighted by Crippen LogP contribution is 2.33. The van der Waals surface area contributed by atoms with E-state index in [1.165, 1.54) is 23.7 Å². The van der Waals surface area contributed by atoms with Crippen LogP contribution in [0.4, 0.5) is 13.2 Å². The number of nitrogens with zero attached hydrogens (tertiary/aromatic N) is 1. The summed E-state index contributed by atoms with van der Waals surface area (Å²) in [4.78, 5) is 0. The number of hydrogen-bond acceptors (Lipinski definition) is 4. The van der Waals surface area contributed by atoms with E-state index in [2.05, 4.69) is 9.69 Å². The van der Waals surface area contributed by atoms with E-state index in [1.807, 2.05) is 24.3 Å². The van der Waals surface area contributed by atoms with Gasteiger partial charge in [0, 0.05) is 11.9 Å². The molecule has 0 amide bonds. The van der Waals surface area contributed by atoms with Crippen LogP contribution in [0.2, 0.25) is 0 Å². The Labute approximate surface area is 147 Å². The van der Waals surface area contributed by atoms with Crippen LogP contribution >= 0.6 is 11.5 Å². The molecule has 1 aromatic heterocycles. The largest absolute Gasteiger partial charge is 0.416 e. The normalized spacial score (nSPS) is 13.3. The van der Waals surface area contributed by atoms with E-state index in [9.17, 15) is 13.2 Å². The Morgan fingerprint density at radius 3 is 2.56 bits per heavy atom. The van der Waals surface area contributed by atoms with Gasteiger partial charge in [-0.15, -0.1) is 0 Å². The minimum Gasteiger partial charge on any atom is -0.330 e. The molecule has 7 heteroatoms. The van der Waals surface area contributed by atoms with Crippen molar-refractivity contribution in [3.8, 4) is 0 Å². The molecule has 1 heterocycles. The summed E-state index contributed by atoms with van der Waals surface area (Å²) in [5.74, 6) is 0. The monoisotopic (exact) mass is 365 g/mol. The second kappa shape index (κ2) is 7.51. The number of hydrogen-bond donors (Lipinski definition) is 2. The Morgan fingerprint density at radius 1 is 1.08 bits per heavy atom. The van der Waals surface area contributed by atoms with Gasteiger partial charge in [-0.2, -0.15) is 17.5 Å². The van der Waals surface area contributed by atoms with Crippen LogP contribution in [0.3, 0.4) is 0 Å². The van der Waals surface area contributed by atoms with Crippen molar-refractivity contribution in [2.24, 2.45) is 5.73 Å². The Kier molecular flexibility index (Phi) is 5.36. The summed E-state index contributed by atoms with van der Waals surface area (Å²) >= 11 is 1.39. The molecule has 0 spiro atoms. The van der Waals surface area contributed by atoms with Crippen molar-refractivity contribution in [1.82, 2.24) is 9.69 Å². The van der Waals surface area contributed by atoms with Gasteiger partial charge in [-0.05, 0) is 42.2 Å². The van der Waals surface area contributed by atoms with Gasteiger partial charge < -0.3 is 11.1 Å². The highest BCUT2D eigenvalue weighted by molar-refractivity contribution is 7.13. The molecule has 0 saturated heterocycles. The first kappa shape index (κ1) is 17.8. The predicted molar refractivity (Wildman–Crippen MR) is 94.3 cm³/mol. The standard InChI is InChI=1S/C18H18F3N3S/c19-18(20,21)14-7-3-1-5-12(14)11-23-15(9-10-22)17-13-6-2-4-8-16(13)25-24-17/h1-8,15,23H,9-11,22H2. The zero-order valence-corrected chi connectivity index (χ0v) is 14.2. The van der Waals surface area contributed by atoms with Crippen LogP contribution in [0.15, 0.2) is 48.5 Å². The summed E-state index contributed by atoms with van der Waals surface area (Å²) in [5, 5.41) is 4.22. The lowest BCUT2D eigenvalue weighted by Gasteiger charge is -2.19. The van der Waals surface area contributed by atoms with Crippen molar-refractivity contribution >= 4 is 21.6 Å². The first-order chi connectivity index (χ1) is 12.0. The fraction of sp³-hybridized carbons (Fsp3) is 0.278. The van der Waals surface area contributed by atoms with Crippen molar-refractivity contribution in [3.63, 3.8) is 0 Å². The molecule has 25 heavy (non-hydrogen) atoms. The second-order valence-electron chi connectivity index (χ2n) is 5.73.